The van der Waals surface area contributed by atoms with Gasteiger partial charge in [-0.25, -0.2) is 13.8 Å². The van der Waals surface area contributed by atoms with E-state index in [1.54, 1.807) is 11.3 Å². The molecule has 2 aromatic rings. The highest BCUT2D eigenvalue weighted by Crippen LogP contribution is 2.68. The van der Waals surface area contributed by atoms with Crippen LogP contribution in [0.2, 0.25) is 0 Å². The molecule has 0 spiro atoms. The van der Waals surface area contributed by atoms with Crippen molar-refractivity contribution in [3.8, 4) is 12.3 Å². The number of aliphatic hydroxyl groups is 1. The van der Waals surface area contributed by atoms with Gasteiger partial charge in [0.2, 0.25) is 0 Å². The van der Waals surface area contributed by atoms with Gasteiger partial charge in [0.25, 0.3) is 0 Å². The lowest BCUT2D eigenvalue weighted by Crippen LogP contribution is -2.53. The van der Waals surface area contributed by atoms with Crippen molar-refractivity contribution in [1.29, 1.82) is 0 Å². The van der Waals surface area contributed by atoms with Gasteiger partial charge in [-0.15, -0.1) is 17.8 Å². The minimum Gasteiger partial charge on any atom is -0.377 e. The van der Waals surface area contributed by atoms with Crippen molar-refractivity contribution in [1.82, 2.24) is 4.98 Å². The Kier molecular flexibility index (Phi) is 4.83. The lowest BCUT2D eigenvalue weighted by Gasteiger charge is -2.57. The smallest absolute Gasteiger partial charge is 0.188 e. The standard InChI is InChI=1S/C28H30F2N2OS/c1-4-28(33)14-10-19-17-6-7-20-24-23(11-12-26(20,2)18(17)9-13-27(19,28)3)34-25(32-24)31-22-8-5-16(29)15-21(22)30/h1,5,7-8,15,17-19,33H,6,9-14H2,2-3H3,(H,31,32)/t17-,18+,19+,26-,27+,28+/m1/s1. The zero-order valence-electron chi connectivity index (χ0n) is 19.6. The third-order valence-corrected chi connectivity index (χ3v) is 10.9. The fourth-order valence-electron chi connectivity index (χ4n) is 7.90. The highest BCUT2D eigenvalue weighted by molar-refractivity contribution is 7.15. The number of nitrogens with zero attached hydrogens (tertiary/aromatic N) is 1. The van der Waals surface area contributed by atoms with Crippen LogP contribution in [0.5, 0.6) is 0 Å². The van der Waals surface area contributed by atoms with E-state index in [0.717, 1.165) is 50.3 Å². The number of rotatable bonds is 2. The first-order valence-electron chi connectivity index (χ1n) is 12.3. The van der Waals surface area contributed by atoms with Crippen LogP contribution in [-0.2, 0) is 6.42 Å². The van der Waals surface area contributed by atoms with Crippen LogP contribution in [0.15, 0.2) is 24.3 Å². The van der Waals surface area contributed by atoms with E-state index in [-0.39, 0.29) is 16.5 Å². The largest absolute Gasteiger partial charge is 0.377 e. The molecule has 1 aromatic carbocycles. The Balaban J connectivity index is 1.32. The minimum absolute atomic E-state index is 0.0422. The van der Waals surface area contributed by atoms with E-state index < -0.39 is 17.2 Å². The van der Waals surface area contributed by atoms with Gasteiger partial charge in [-0.1, -0.05) is 25.8 Å². The predicted molar refractivity (Wildman–Crippen MR) is 132 cm³/mol. The molecule has 4 aliphatic rings. The number of fused-ring (bicyclic) bond motifs is 7. The molecule has 34 heavy (non-hydrogen) atoms. The summed E-state index contributed by atoms with van der Waals surface area (Å²) in [6.45, 7) is 4.62. The quantitative estimate of drug-likeness (QED) is 0.470. The molecule has 0 aliphatic heterocycles. The minimum atomic E-state index is -0.988. The fraction of sp³-hybridized carbons (Fsp3) is 0.536. The number of aryl methyl sites for hydroxylation is 1. The second-order valence-corrected chi connectivity index (χ2v) is 12.3. The summed E-state index contributed by atoms with van der Waals surface area (Å²) < 4.78 is 27.5. The number of allylic oxidation sites excluding steroid dienone is 2. The fourth-order valence-corrected chi connectivity index (χ4v) is 8.89. The Morgan fingerprint density at radius 3 is 2.74 bits per heavy atom. The van der Waals surface area contributed by atoms with E-state index >= 15 is 0 Å². The van der Waals surface area contributed by atoms with Crippen LogP contribution in [0.3, 0.4) is 0 Å². The number of thiazole rings is 1. The second kappa shape index (κ2) is 7.38. The van der Waals surface area contributed by atoms with E-state index in [2.05, 4.69) is 31.2 Å². The van der Waals surface area contributed by atoms with Crippen LogP contribution in [-0.4, -0.2) is 15.7 Å². The molecule has 0 unspecified atom stereocenters. The average Bonchev–Trinajstić information content (AvgIpc) is 3.33. The number of benzene rings is 1. The van der Waals surface area contributed by atoms with E-state index in [1.807, 2.05) is 0 Å². The number of aromatic nitrogens is 1. The number of terminal acetylenes is 1. The van der Waals surface area contributed by atoms with Crippen LogP contribution < -0.4 is 5.32 Å². The lowest BCUT2D eigenvalue weighted by molar-refractivity contribution is -0.0887. The van der Waals surface area contributed by atoms with Crippen molar-refractivity contribution in [3.05, 3.63) is 46.5 Å². The van der Waals surface area contributed by atoms with Crippen molar-refractivity contribution >= 4 is 27.7 Å². The molecule has 0 saturated heterocycles. The summed E-state index contributed by atoms with van der Waals surface area (Å²) >= 11 is 1.57. The van der Waals surface area contributed by atoms with Crippen LogP contribution in [0.4, 0.5) is 19.6 Å². The molecule has 1 aromatic heterocycles. The van der Waals surface area contributed by atoms with Crippen LogP contribution >= 0.6 is 11.3 Å². The molecular weight excluding hydrogens is 450 g/mol. The Morgan fingerprint density at radius 1 is 1.18 bits per heavy atom. The Bertz CT molecular complexity index is 1250. The van der Waals surface area contributed by atoms with Gasteiger partial charge in [-0.05, 0) is 85.8 Å². The second-order valence-electron chi connectivity index (χ2n) is 11.2. The van der Waals surface area contributed by atoms with Gasteiger partial charge in [0, 0.05) is 16.4 Å². The molecule has 0 radical (unpaired) electrons. The molecule has 4 aliphatic carbocycles. The van der Waals surface area contributed by atoms with Crippen molar-refractivity contribution in [3.63, 3.8) is 0 Å². The van der Waals surface area contributed by atoms with Crippen molar-refractivity contribution < 1.29 is 13.9 Å². The Hall–Kier alpha value is -2.23. The van der Waals surface area contributed by atoms with Gasteiger partial charge in [-0.2, -0.15) is 0 Å². The van der Waals surface area contributed by atoms with Gasteiger partial charge in [0.1, 0.15) is 17.2 Å². The average molecular weight is 481 g/mol. The van der Waals surface area contributed by atoms with Gasteiger partial charge < -0.3 is 10.4 Å². The molecule has 2 saturated carbocycles. The number of hydrogen-bond donors (Lipinski definition) is 2. The summed E-state index contributed by atoms with van der Waals surface area (Å²) in [6.07, 6.45) is 15.0. The molecule has 3 nitrogen and oxygen atoms in total. The first kappa shape index (κ1) is 22.2. The van der Waals surface area contributed by atoms with E-state index in [1.165, 1.54) is 22.6 Å². The summed E-state index contributed by atoms with van der Waals surface area (Å²) in [6, 6.07) is 3.55. The molecule has 2 N–H and O–H groups in total. The summed E-state index contributed by atoms with van der Waals surface area (Å²) in [5, 5.41) is 14.9. The number of halogens is 2. The number of hydrogen-bond acceptors (Lipinski definition) is 4. The maximum absolute atomic E-state index is 14.2. The van der Waals surface area contributed by atoms with E-state index in [9.17, 15) is 13.9 Å². The van der Waals surface area contributed by atoms with E-state index in [0.29, 0.717) is 29.3 Å². The molecule has 6 heteroatoms. The maximum atomic E-state index is 14.2. The Labute approximate surface area is 203 Å². The first-order chi connectivity index (χ1) is 16.2. The zero-order chi connectivity index (χ0) is 23.9. The summed E-state index contributed by atoms with van der Waals surface area (Å²) in [5.74, 6) is 3.07. The first-order valence-corrected chi connectivity index (χ1v) is 13.1. The maximum Gasteiger partial charge on any atom is 0.188 e. The van der Waals surface area contributed by atoms with Crippen LogP contribution in [0, 0.1) is 52.6 Å². The van der Waals surface area contributed by atoms with E-state index in [4.69, 9.17) is 11.4 Å². The van der Waals surface area contributed by atoms with Gasteiger partial charge in [0.15, 0.2) is 5.13 Å². The highest BCUT2D eigenvalue weighted by Gasteiger charge is 2.63. The van der Waals surface area contributed by atoms with Crippen molar-refractivity contribution in [2.45, 2.75) is 64.4 Å². The monoisotopic (exact) mass is 480 g/mol. The molecular formula is C28H30F2N2OS. The number of anilines is 2. The van der Waals surface area contributed by atoms with Crippen LogP contribution in [0.25, 0.3) is 5.57 Å². The number of nitrogens with one attached hydrogen (secondary N) is 1. The van der Waals surface area contributed by atoms with Gasteiger partial charge in [-0.3, -0.25) is 0 Å². The lowest BCUT2D eigenvalue weighted by atomic mass is 9.47. The SMILES string of the molecule is C#C[C@]1(O)CC[C@H]2[C@@H]3CC=C4c5nc(Nc6ccc(F)cc6F)sc5CC[C@]4(C)[C@H]3CC[C@@]21C. The summed E-state index contributed by atoms with van der Waals surface area (Å²) in [7, 11) is 0. The molecule has 0 bridgehead atoms. The van der Waals surface area contributed by atoms with Crippen molar-refractivity contribution in [2.75, 3.05) is 5.32 Å². The Morgan fingerprint density at radius 2 is 1.97 bits per heavy atom. The topological polar surface area (TPSA) is 45.2 Å². The molecule has 0 amide bonds. The van der Waals surface area contributed by atoms with Crippen LogP contribution in [0.1, 0.15) is 62.9 Å². The third-order valence-electron chi connectivity index (χ3n) is 9.85. The summed E-state index contributed by atoms with van der Waals surface area (Å²) in [4.78, 5) is 6.14. The summed E-state index contributed by atoms with van der Waals surface area (Å²) in [5.41, 5.74) is 1.46. The molecule has 178 valence electrons. The normalized spacial score (nSPS) is 38.1. The molecule has 6 rings (SSSR count). The zero-order valence-corrected chi connectivity index (χ0v) is 20.4. The molecule has 1 heterocycles. The van der Waals surface area contributed by atoms with Gasteiger partial charge in [0.05, 0.1) is 11.4 Å². The molecule has 6 atom stereocenters. The van der Waals surface area contributed by atoms with Gasteiger partial charge >= 0.3 is 0 Å². The third kappa shape index (κ3) is 2.93. The highest BCUT2D eigenvalue weighted by atomic mass is 32.1. The van der Waals surface area contributed by atoms with Crippen molar-refractivity contribution in [2.24, 2.45) is 28.6 Å². The predicted octanol–water partition coefficient (Wildman–Crippen LogP) is 6.71. The molecule has 2 fully saturated rings.